The lowest BCUT2D eigenvalue weighted by atomic mass is 9.96. The summed E-state index contributed by atoms with van der Waals surface area (Å²) in [5.41, 5.74) is 0.353. The zero-order valence-electron chi connectivity index (χ0n) is 20.9. The van der Waals surface area contributed by atoms with Gasteiger partial charge in [-0.3, -0.25) is 10.1 Å². The molecule has 1 spiro atoms. The smallest absolute Gasteiger partial charge is 0.243 e. The molecule has 3 aliphatic heterocycles. The fraction of sp³-hybridized carbons (Fsp3) is 0.500. The molecule has 3 aliphatic rings. The van der Waals surface area contributed by atoms with Gasteiger partial charge in [-0.2, -0.15) is 4.31 Å². The molecule has 1 amide bonds. The Bertz CT molecular complexity index is 1220. The van der Waals surface area contributed by atoms with E-state index in [1.54, 1.807) is 31.4 Å². The average molecular weight is 516 g/mol. The van der Waals surface area contributed by atoms with E-state index in [-0.39, 0.29) is 23.6 Å². The second-order valence-electron chi connectivity index (χ2n) is 10.0. The topological polar surface area (TPSA) is 97.4 Å². The third-order valence-electron chi connectivity index (χ3n) is 7.26. The van der Waals surface area contributed by atoms with Crippen molar-refractivity contribution in [1.82, 2.24) is 14.5 Å². The number of methoxy groups -OCH3 is 1. The van der Waals surface area contributed by atoms with Crippen LogP contribution in [0, 0.1) is 5.92 Å². The highest BCUT2D eigenvalue weighted by Crippen LogP contribution is 2.38. The van der Waals surface area contributed by atoms with Crippen molar-refractivity contribution in [2.24, 2.45) is 5.92 Å². The predicted molar refractivity (Wildman–Crippen MR) is 133 cm³/mol. The van der Waals surface area contributed by atoms with Gasteiger partial charge in [-0.15, -0.1) is 0 Å². The van der Waals surface area contributed by atoms with Gasteiger partial charge in [0.25, 0.3) is 0 Å². The zero-order chi connectivity index (χ0) is 25.5. The fourth-order valence-electron chi connectivity index (χ4n) is 5.35. The van der Waals surface area contributed by atoms with Gasteiger partial charge in [0, 0.05) is 19.6 Å². The highest BCUT2D eigenvalue weighted by molar-refractivity contribution is 7.89. The molecule has 10 heteroatoms. The molecule has 1 atom stereocenters. The largest absolute Gasteiger partial charge is 0.497 e. The Morgan fingerprint density at radius 2 is 1.78 bits per heavy atom. The van der Waals surface area contributed by atoms with Crippen LogP contribution < -0.4 is 19.5 Å². The number of piperidine rings is 1. The minimum Gasteiger partial charge on any atom is -0.497 e. The van der Waals surface area contributed by atoms with Gasteiger partial charge in [-0.25, -0.2) is 8.42 Å². The first-order valence-corrected chi connectivity index (χ1v) is 13.8. The van der Waals surface area contributed by atoms with Gasteiger partial charge in [0.05, 0.1) is 23.7 Å². The van der Waals surface area contributed by atoms with Crippen LogP contribution in [0.1, 0.15) is 38.7 Å². The number of benzene rings is 2. The van der Waals surface area contributed by atoms with Crippen LogP contribution in [0.15, 0.2) is 47.4 Å². The number of hydrogen-bond donors (Lipinski definition) is 1. The third kappa shape index (κ3) is 4.53. The predicted octanol–water partition coefficient (Wildman–Crippen LogP) is 2.95. The van der Waals surface area contributed by atoms with Crippen LogP contribution in [0.4, 0.5) is 0 Å². The molecule has 1 N–H and O–H groups in total. The summed E-state index contributed by atoms with van der Waals surface area (Å²) in [4.78, 5) is 15.7. The normalized spacial score (nSPS) is 21.5. The standard InChI is InChI=1S/C26H33N3O6S/c1-18(2)14-22-25(30)29(16-19-4-9-23-24(15-19)35-17-34-23)26(27-22)10-12-28(13-11-26)36(31,32)21-7-5-20(33-3)6-8-21/h4-9,15,18,22,27H,10-14,16-17H2,1-3H3/t22-/m0/s1. The number of hydrogen-bond acceptors (Lipinski definition) is 7. The Hall–Kier alpha value is -2.82. The van der Waals surface area contributed by atoms with E-state index in [0.29, 0.717) is 55.6 Å². The molecule has 2 saturated heterocycles. The van der Waals surface area contributed by atoms with E-state index >= 15 is 0 Å². The molecule has 2 aromatic rings. The Morgan fingerprint density at radius 1 is 1.08 bits per heavy atom. The van der Waals surface area contributed by atoms with Gasteiger partial charge in [-0.05, 0) is 67.1 Å². The molecular weight excluding hydrogens is 482 g/mol. The molecule has 0 radical (unpaired) electrons. The van der Waals surface area contributed by atoms with Crippen LogP contribution in [0.2, 0.25) is 0 Å². The number of ether oxygens (including phenoxy) is 3. The Kier molecular flexibility index (Phi) is 6.61. The van der Waals surface area contributed by atoms with Gasteiger partial charge in [-0.1, -0.05) is 19.9 Å². The van der Waals surface area contributed by atoms with E-state index in [9.17, 15) is 13.2 Å². The summed E-state index contributed by atoms with van der Waals surface area (Å²) in [5.74, 6) is 2.40. The Balaban J connectivity index is 1.37. The summed E-state index contributed by atoms with van der Waals surface area (Å²) in [6.07, 6.45) is 1.74. The van der Waals surface area contributed by atoms with E-state index in [0.717, 1.165) is 12.0 Å². The lowest BCUT2D eigenvalue weighted by Crippen LogP contribution is -2.59. The van der Waals surface area contributed by atoms with Crippen molar-refractivity contribution < 1.29 is 27.4 Å². The number of sulfonamides is 1. The van der Waals surface area contributed by atoms with Gasteiger partial charge in [0.15, 0.2) is 11.5 Å². The lowest BCUT2D eigenvalue weighted by Gasteiger charge is -2.44. The summed E-state index contributed by atoms with van der Waals surface area (Å²) in [6.45, 7) is 5.46. The van der Waals surface area contributed by atoms with E-state index < -0.39 is 15.7 Å². The van der Waals surface area contributed by atoms with E-state index in [1.807, 2.05) is 23.1 Å². The fourth-order valence-corrected chi connectivity index (χ4v) is 6.79. The molecule has 0 saturated carbocycles. The SMILES string of the molecule is COc1ccc(S(=O)(=O)N2CCC3(CC2)N[C@@H](CC(C)C)C(=O)N3Cc2ccc3c(c2)OCO3)cc1. The molecular formula is C26H33N3O6S. The molecule has 2 fully saturated rings. The molecule has 0 aromatic heterocycles. The number of carbonyl (C=O) groups excluding carboxylic acids is 1. The quantitative estimate of drug-likeness (QED) is 0.606. The maximum absolute atomic E-state index is 13.6. The van der Waals surface area contributed by atoms with Crippen molar-refractivity contribution in [2.75, 3.05) is 27.0 Å². The summed E-state index contributed by atoms with van der Waals surface area (Å²) < 4.78 is 44.2. The van der Waals surface area contributed by atoms with Crippen LogP contribution in [0.3, 0.4) is 0 Å². The summed E-state index contributed by atoms with van der Waals surface area (Å²) in [5, 5.41) is 3.62. The summed E-state index contributed by atoms with van der Waals surface area (Å²) in [6, 6.07) is 11.9. The average Bonchev–Trinajstić information content (AvgIpc) is 3.43. The monoisotopic (exact) mass is 515 g/mol. The van der Waals surface area contributed by atoms with Crippen molar-refractivity contribution in [1.29, 1.82) is 0 Å². The lowest BCUT2D eigenvalue weighted by molar-refractivity contribution is -0.134. The van der Waals surface area contributed by atoms with E-state index in [4.69, 9.17) is 14.2 Å². The first-order valence-electron chi connectivity index (χ1n) is 12.3. The number of amides is 1. The first-order chi connectivity index (χ1) is 17.2. The minimum atomic E-state index is -3.65. The van der Waals surface area contributed by atoms with Crippen molar-refractivity contribution in [3.63, 3.8) is 0 Å². The third-order valence-corrected chi connectivity index (χ3v) is 9.17. The van der Waals surface area contributed by atoms with E-state index in [2.05, 4.69) is 19.2 Å². The molecule has 9 nitrogen and oxygen atoms in total. The summed E-state index contributed by atoms with van der Waals surface area (Å²) in [7, 11) is -2.10. The van der Waals surface area contributed by atoms with Gasteiger partial charge in [0.1, 0.15) is 5.75 Å². The number of nitrogens with zero attached hydrogens (tertiary/aromatic N) is 2. The molecule has 0 bridgehead atoms. The molecule has 194 valence electrons. The zero-order valence-corrected chi connectivity index (χ0v) is 21.7. The van der Waals surface area contributed by atoms with Crippen LogP contribution >= 0.6 is 0 Å². The van der Waals surface area contributed by atoms with Gasteiger partial charge < -0.3 is 19.1 Å². The molecule has 0 unspecified atom stereocenters. The van der Waals surface area contributed by atoms with Crippen LogP contribution in [0.25, 0.3) is 0 Å². The molecule has 3 heterocycles. The molecule has 0 aliphatic carbocycles. The van der Waals surface area contributed by atoms with E-state index in [1.165, 1.54) is 4.31 Å². The van der Waals surface area contributed by atoms with Gasteiger partial charge in [0.2, 0.25) is 22.7 Å². The minimum absolute atomic E-state index is 0.0628. The van der Waals surface area contributed by atoms with Crippen molar-refractivity contribution >= 4 is 15.9 Å². The van der Waals surface area contributed by atoms with Crippen molar-refractivity contribution in [3.8, 4) is 17.2 Å². The molecule has 5 rings (SSSR count). The highest BCUT2D eigenvalue weighted by Gasteiger charge is 2.52. The van der Waals surface area contributed by atoms with Crippen LogP contribution in [0.5, 0.6) is 17.2 Å². The van der Waals surface area contributed by atoms with Crippen LogP contribution in [-0.4, -0.2) is 62.2 Å². The first kappa shape index (κ1) is 24.9. The van der Waals surface area contributed by atoms with Gasteiger partial charge >= 0.3 is 0 Å². The summed E-state index contributed by atoms with van der Waals surface area (Å²) >= 11 is 0. The molecule has 36 heavy (non-hydrogen) atoms. The maximum Gasteiger partial charge on any atom is 0.243 e. The van der Waals surface area contributed by atoms with Crippen molar-refractivity contribution in [3.05, 3.63) is 48.0 Å². The highest BCUT2D eigenvalue weighted by atomic mass is 32.2. The van der Waals surface area contributed by atoms with Crippen molar-refractivity contribution in [2.45, 2.75) is 56.3 Å². The number of nitrogens with one attached hydrogen (secondary N) is 1. The molecule has 2 aromatic carbocycles. The Morgan fingerprint density at radius 3 is 2.44 bits per heavy atom. The number of fused-ring (bicyclic) bond motifs is 1. The van der Waals surface area contributed by atoms with Crippen LogP contribution in [-0.2, 0) is 21.4 Å². The number of carbonyl (C=O) groups is 1. The second kappa shape index (κ2) is 9.57. The number of rotatable bonds is 7. The second-order valence-corrected chi connectivity index (χ2v) is 12.0. The maximum atomic E-state index is 13.6. The Labute approximate surface area is 212 Å².